The van der Waals surface area contributed by atoms with Gasteiger partial charge in [-0.3, -0.25) is 9.80 Å². The van der Waals surface area contributed by atoms with Gasteiger partial charge in [-0.15, -0.1) is 0 Å². The Labute approximate surface area is 186 Å². The Kier molecular flexibility index (Phi) is 8.02. The van der Waals surface area contributed by atoms with Crippen LogP contribution < -0.4 is 14.2 Å². The third-order valence-corrected chi connectivity index (χ3v) is 6.19. The molecule has 0 N–H and O–H groups in total. The zero-order chi connectivity index (χ0) is 21.3. The molecule has 3 heterocycles. The number of benzene rings is 1. The zero-order valence-corrected chi connectivity index (χ0v) is 18.7. The molecule has 2 fully saturated rings. The Morgan fingerprint density at radius 3 is 2.13 bits per heavy atom. The summed E-state index contributed by atoms with van der Waals surface area (Å²) >= 11 is 0. The maximum Gasteiger partial charge on any atom is 0.213 e. The Hall–Kier alpha value is -2.31. The highest BCUT2D eigenvalue weighted by Gasteiger charge is 2.13. The summed E-state index contributed by atoms with van der Waals surface area (Å²) in [6.07, 6.45) is 7.89. The third kappa shape index (κ3) is 6.58. The Morgan fingerprint density at radius 2 is 1.52 bits per heavy atom. The average molecular weight is 426 g/mol. The Bertz CT molecular complexity index is 800. The first kappa shape index (κ1) is 21.9. The van der Waals surface area contributed by atoms with Crippen LogP contribution in [-0.2, 0) is 6.42 Å². The quantitative estimate of drug-likeness (QED) is 0.548. The van der Waals surface area contributed by atoms with Crippen LogP contribution in [0.25, 0.3) is 0 Å². The van der Waals surface area contributed by atoms with Crippen molar-refractivity contribution >= 4 is 0 Å². The number of ether oxygens (including phenoxy) is 3. The molecule has 0 spiro atoms. The number of rotatable bonds is 11. The topological polar surface area (TPSA) is 47.1 Å². The first-order valence-electron chi connectivity index (χ1n) is 11.6. The fraction of sp³-hybridized carbons (Fsp3) is 0.560. The molecule has 4 rings (SSSR count). The predicted molar refractivity (Wildman–Crippen MR) is 122 cm³/mol. The first-order chi connectivity index (χ1) is 15.3. The highest BCUT2D eigenvalue weighted by atomic mass is 16.5. The van der Waals surface area contributed by atoms with Crippen LogP contribution in [0.4, 0.5) is 0 Å². The molecule has 2 aliphatic heterocycles. The van der Waals surface area contributed by atoms with E-state index < -0.39 is 0 Å². The first-order valence-corrected chi connectivity index (χ1v) is 11.6. The van der Waals surface area contributed by atoms with E-state index >= 15 is 0 Å². The highest BCUT2D eigenvalue weighted by molar-refractivity contribution is 5.43. The van der Waals surface area contributed by atoms with Crippen LogP contribution in [-0.4, -0.2) is 74.4 Å². The van der Waals surface area contributed by atoms with Crippen LogP contribution in [0.5, 0.6) is 17.4 Å². The smallest absolute Gasteiger partial charge is 0.213 e. The zero-order valence-electron chi connectivity index (χ0n) is 18.7. The summed E-state index contributed by atoms with van der Waals surface area (Å²) < 4.78 is 17.4. The van der Waals surface area contributed by atoms with Crippen LogP contribution in [0.15, 0.2) is 36.5 Å². The maximum atomic E-state index is 6.17. The molecule has 1 aromatic carbocycles. The van der Waals surface area contributed by atoms with Crippen molar-refractivity contribution < 1.29 is 14.2 Å². The van der Waals surface area contributed by atoms with Gasteiger partial charge >= 0.3 is 0 Å². The van der Waals surface area contributed by atoms with Crippen LogP contribution in [0.2, 0.25) is 0 Å². The number of hydrogen-bond donors (Lipinski definition) is 0. The molecule has 0 saturated carbocycles. The monoisotopic (exact) mass is 425 g/mol. The molecule has 1 aromatic heterocycles. The molecule has 168 valence electrons. The minimum Gasteiger partial charge on any atom is -0.497 e. The number of aromatic nitrogens is 1. The second kappa shape index (κ2) is 11.3. The van der Waals surface area contributed by atoms with Crippen LogP contribution >= 0.6 is 0 Å². The van der Waals surface area contributed by atoms with Crippen molar-refractivity contribution in [3.8, 4) is 17.4 Å². The van der Waals surface area contributed by atoms with Gasteiger partial charge in [0.1, 0.15) is 24.7 Å². The summed E-state index contributed by atoms with van der Waals surface area (Å²) in [5, 5.41) is 0. The average Bonchev–Trinajstić information content (AvgIpc) is 3.50. The normalized spacial score (nSPS) is 17.2. The highest BCUT2D eigenvalue weighted by Crippen LogP contribution is 2.27. The van der Waals surface area contributed by atoms with Crippen molar-refractivity contribution in [2.75, 3.05) is 59.6 Å². The van der Waals surface area contributed by atoms with Gasteiger partial charge < -0.3 is 14.2 Å². The molecule has 0 aliphatic carbocycles. The van der Waals surface area contributed by atoms with E-state index in [-0.39, 0.29) is 0 Å². The van der Waals surface area contributed by atoms with Gasteiger partial charge in [-0.2, -0.15) is 0 Å². The lowest BCUT2D eigenvalue weighted by atomic mass is 10.1. The molecule has 0 amide bonds. The van der Waals surface area contributed by atoms with Crippen molar-refractivity contribution in [3.63, 3.8) is 0 Å². The number of hydrogen-bond acceptors (Lipinski definition) is 6. The van der Waals surface area contributed by atoms with E-state index in [0.717, 1.165) is 42.1 Å². The van der Waals surface area contributed by atoms with Crippen LogP contribution in [0.1, 0.15) is 36.8 Å². The maximum absolute atomic E-state index is 6.17. The van der Waals surface area contributed by atoms with Crippen LogP contribution in [0, 0.1) is 0 Å². The molecule has 2 aliphatic rings. The molecule has 6 nitrogen and oxygen atoms in total. The van der Waals surface area contributed by atoms with Crippen molar-refractivity contribution in [3.05, 3.63) is 47.7 Å². The summed E-state index contributed by atoms with van der Waals surface area (Å²) in [4.78, 5) is 9.42. The summed E-state index contributed by atoms with van der Waals surface area (Å²) in [6.45, 7) is 8.11. The second-order valence-electron chi connectivity index (χ2n) is 8.45. The van der Waals surface area contributed by atoms with Gasteiger partial charge in [0.25, 0.3) is 0 Å². The van der Waals surface area contributed by atoms with Gasteiger partial charge in [0.2, 0.25) is 5.88 Å². The largest absolute Gasteiger partial charge is 0.497 e. The summed E-state index contributed by atoms with van der Waals surface area (Å²) in [7, 11) is 1.69. The summed E-state index contributed by atoms with van der Waals surface area (Å²) in [5.74, 6) is 2.41. The third-order valence-electron chi connectivity index (χ3n) is 6.19. The number of likely N-dealkylation sites (tertiary alicyclic amines) is 2. The van der Waals surface area contributed by atoms with E-state index in [9.17, 15) is 0 Å². The molecule has 0 atom stereocenters. The fourth-order valence-corrected chi connectivity index (χ4v) is 4.34. The lowest BCUT2D eigenvalue weighted by molar-refractivity contribution is 0.232. The van der Waals surface area contributed by atoms with Gasteiger partial charge in [-0.1, -0.05) is 12.1 Å². The molecular formula is C25H35N3O3. The van der Waals surface area contributed by atoms with E-state index in [1.54, 1.807) is 7.11 Å². The predicted octanol–water partition coefficient (Wildman–Crippen LogP) is 3.63. The van der Waals surface area contributed by atoms with Crippen molar-refractivity contribution in [2.45, 2.75) is 32.1 Å². The standard InChI is InChI=1S/C25H35N3O3/c1-29-23-8-7-22(24(19-23)30-16-14-27-10-2-3-11-27)18-21-6-9-25(26-20-21)31-17-15-28-12-4-5-13-28/h6-9,19-20H,2-5,10-18H2,1H3. The van der Waals surface area contributed by atoms with E-state index in [1.165, 1.54) is 51.9 Å². The van der Waals surface area contributed by atoms with Gasteiger partial charge in [0, 0.05) is 37.8 Å². The molecule has 0 unspecified atom stereocenters. The van der Waals surface area contributed by atoms with Gasteiger partial charge in [0.05, 0.1) is 7.11 Å². The second-order valence-corrected chi connectivity index (χ2v) is 8.45. The van der Waals surface area contributed by atoms with Crippen molar-refractivity contribution in [1.29, 1.82) is 0 Å². The van der Waals surface area contributed by atoms with Crippen molar-refractivity contribution in [1.82, 2.24) is 14.8 Å². The van der Waals surface area contributed by atoms with E-state index in [2.05, 4.69) is 26.9 Å². The van der Waals surface area contributed by atoms with E-state index in [0.29, 0.717) is 19.1 Å². The minimum absolute atomic E-state index is 0.694. The van der Waals surface area contributed by atoms with Gasteiger partial charge in [-0.25, -0.2) is 4.98 Å². The van der Waals surface area contributed by atoms with E-state index in [1.807, 2.05) is 24.4 Å². The van der Waals surface area contributed by atoms with Gasteiger partial charge in [-0.05, 0) is 69.1 Å². The fourth-order valence-electron chi connectivity index (χ4n) is 4.34. The molecule has 31 heavy (non-hydrogen) atoms. The molecular weight excluding hydrogens is 390 g/mol. The van der Waals surface area contributed by atoms with Crippen LogP contribution in [0.3, 0.4) is 0 Å². The number of methoxy groups -OCH3 is 1. The Morgan fingerprint density at radius 1 is 0.839 bits per heavy atom. The SMILES string of the molecule is COc1ccc(Cc2ccc(OCCN3CCCC3)nc2)c(OCCN2CCCC2)c1. The lowest BCUT2D eigenvalue weighted by Gasteiger charge is -2.17. The molecule has 2 aromatic rings. The minimum atomic E-state index is 0.694. The van der Waals surface area contributed by atoms with E-state index in [4.69, 9.17) is 14.2 Å². The number of pyridine rings is 1. The van der Waals surface area contributed by atoms with Crippen molar-refractivity contribution in [2.24, 2.45) is 0 Å². The Balaban J connectivity index is 1.31. The molecule has 0 bridgehead atoms. The lowest BCUT2D eigenvalue weighted by Crippen LogP contribution is -2.25. The molecule has 6 heteroatoms. The van der Waals surface area contributed by atoms with Gasteiger partial charge in [0.15, 0.2) is 0 Å². The number of nitrogens with zero attached hydrogens (tertiary/aromatic N) is 3. The summed E-state index contributed by atoms with van der Waals surface area (Å²) in [6, 6.07) is 10.1. The molecule has 2 saturated heterocycles. The summed E-state index contributed by atoms with van der Waals surface area (Å²) in [5.41, 5.74) is 2.29. The molecule has 0 radical (unpaired) electrons.